The zero-order valence-electron chi connectivity index (χ0n) is 9.06. The van der Waals surface area contributed by atoms with E-state index in [-0.39, 0.29) is 6.61 Å². The fourth-order valence-corrected chi connectivity index (χ4v) is 1.02. The lowest BCUT2D eigenvalue weighted by molar-refractivity contribution is 0.325. The fourth-order valence-electron chi connectivity index (χ4n) is 1.02. The van der Waals surface area contributed by atoms with E-state index in [0.29, 0.717) is 6.61 Å². The summed E-state index contributed by atoms with van der Waals surface area (Å²) >= 11 is 0. The summed E-state index contributed by atoms with van der Waals surface area (Å²) in [6.45, 7) is 2.40. The number of hydrogen-bond acceptors (Lipinski definition) is 3. The third-order valence-corrected chi connectivity index (χ3v) is 1.99. The van der Waals surface area contributed by atoms with Crippen LogP contribution in [0.1, 0.15) is 6.92 Å². The van der Waals surface area contributed by atoms with E-state index in [2.05, 4.69) is 0 Å². The molecule has 0 atom stereocenters. The molecule has 0 spiro atoms. The maximum atomic E-state index is 8.76. The summed E-state index contributed by atoms with van der Waals surface area (Å²) in [5.41, 5.74) is 0.906. The number of ether oxygens (including phenoxy) is 2. The Kier molecular flexibility index (Phi) is 4.71. The van der Waals surface area contributed by atoms with E-state index in [4.69, 9.17) is 14.6 Å². The van der Waals surface area contributed by atoms with Gasteiger partial charge in [-0.05, 0) is 42.8 Å². The molecule has 0 aliphatic carbocycles. The molecule has 1 aromatic rings. The lowest BCUT2D eigenvalue weighted by atomic mass is 10.3. The van der Waals surface area contributed by atoms with Gasteiger partial charge in [-0.25, -0.2) is 0 Å². The van der Waals surface area contributed by atoms with Gasteiger partial charge in [0.25, 0.3) is 0 Å². The normalized spacial score (nSPS) is 11.3. The highest BCUT2D eigenvalue weighted by atomic mass is 16.5. The van der Waals surface area contributed by atoms with Gasteiger partial charge in [0.15, 0.2) is 0 Å². The van der Waals surface area contributed by atoms with Crippen molar-refractivity contribution >= 4 is 0 Å². The summed E-state index contributed by atoms with van der Waals surface area (Å²) < 4.78 is 10.5. The van der Waals surface area contributed by atoms with Gasteiger partial charge in [-0.15, -0.1) is 0 Å². The molecular weight excluding hydrogens is 192 g/mol. The van der Waals surface area contributed by atoms with Gasteiger partial charge in [0.05, 0.1) is 13.7 Å². The Balaban J connectivity index is 2.44. The molecule has 0 unspecified atom stereocenters. The summed E-state index contributed by atoms with van der Waals surface area (Å²) in [6.07, 6.45) is 1.85. The standard InChI is InChI=1S/C12H16O3/c1-10(9-13)7-8-15-12-5-3-11(14-2)4-6-12/h3-7,13H,8-9H2,1-2H3. The van der Waals surface area contributed by atoms with E-state index >= 15 is 0 Å². The second-order valence-corrected chi connectivity index (χ2v) is 3.20. The number of benzene rings is 1. The molecule has 1 aromatic carbocycles. The third-order valence-electron chi connectivity index (χ3n) is 1.99. The van der Waals surface area contributed by atoms with Crippen molar-refractivity contribution in [3.05, 3.63) is 35.9 Å². The van der Waals surface area contributed by atoms with Crippen LogP contribution in [0, 0.1) is 0 Å². The second-order valence-electron chi connectivity index (χ2n) is 3.20. The predicted molar refractivity (Wildman–Crippen MR) is 59.3 cm³/mol. The van der Waals surface area contributed by atoms with E-state index in [1.807, 2.05) is 37.3 Å². The zero-order valence-corrected chi connectivity index (χ0v) is 9.06. The fraction of sp³-hybridized carbons (Fsp3) is 0.333. The van der Waals surface area contributed by atoms with Crippen molar-refractivity contribution < 1.29 is 14.6 Å². The molecule has 1 N–H and O–H groups in total. The minimum absolute atomic E-state index is 0.0754. The maximum Gasteiger partial charge on any atom is 0.120 e. The van der Waals surface area contributed by atoms with Gasteiger partial charge < -0.3 is 14.6 Å². The van der Waals surface area contributed by atoms with E-state index in [1.165, 1.54) is 0 Å². The van der Waals surface area contributed by atoms with Crippen molar-refractivity contribution in [2.75, 3.05) is 20.3 Å². The summed E-state index contributed by atoms with van der Waals surface area (Å²) in [5, 5.41) is 8.76. The Hall–Kier alpha value is -1.48. The zero-order chi connectivity index (χ0) is 11.1. The first-order valence-corrected chi connectivity index (χ1v) is 4.79. The molecule has 3 heteroatoms. The first-order valence-electron chi connectivity index (χ1n) is 4.79. The summed E-state index contributed by atoms with van der Waals surface area (Å²) in [6, 6.07) is 7.39. The van der Waals surface area contributed by atoms with Crippen molar-refractivity contribution in [2.24, 2.45) is 0 Å². The largest absolute Gasteiger partial charge is 0.497 e. The van der Waals surface area contributed by atoms with E-state index in [0.717, 1.165) is 17.1 Å². The molecule has 82 valence electrons. The molecule has 15 heavy (non-hydrogen) atoms. The highest BCUT2D eigenvalue weighted by Gasteiger charge is 1.93. The maximum absolute atomic E-state index is 8.76. The minimum atomic E-state index is 0.0754. The molecule has 0 saturated carbocycles. The van der Waals surface area contributed by atoms with Crippen molar-refractivity contribution in [2.45, 2.75) is 6.92 Å². The van der Waals surface area contributed by atoms with Crippen molar-refractivity contribution in [3.63, 3.8) is 0 Å². The summed E-state index contributed by atoms with van der Waals surface area (Å²) in [7, 11) is 1.63. The average molecular weight is 208 g/mol. The van der Waals surface area contributed by atoms with Crippen LogP contribution in [-0.4, -0.2) is 25.4 Å². The molecule has 0 aliphatic heterocycles. The lowest BCUT2D eigenvalue weighted by Crippen LogP contribution is -1.96. The Labute approximate surface area is 90.0 Å². The van der Waals surface area contributed by atoms with E-state index in [1.54, 1.807) is 7.11 Å². The van der Waals surface area contributed by atoms with Gasteiger partial charge in [-0.2, -0.15) is 0 Å². The molecule has 0 radical (unpaired) electrons. The Morgan fingerprint density at radius 2 is 1.87 bits per heavy atom. The second kappa shape index (κ2) is 6.09. The smallest absolute Gasteiger partial charge is 0.120 e. The summed E-state index contributed by atoms with van der Waals surface area (Å²) in [4.78, 5) is 0. The van der Waals surface area contributed by atoms with Crippen LogP contribution in [-0.2, 0) is 0 Å². The Morgan fingerprint density at radius 1 is 1.27 bits per heavy atom. The SMILES string of the molecule is COc1ccc(OCC=C(C)CO)cc1. The number of methoxy groups -OCH3 is 1. The lowest BCUT2D eigenvalue weighted by Gasteiger charge is -2.04. The first-order chi connectivity index (χ1) is 7.26. The number of aliphatic hydroxyl groups excluding tert-OH is 1. The average Bonchev–Trinajstić information content (AvgIpc) is 2.29. The predicted octanol–water partition coefficient (Wildman–Crippen LogP) is 2.01. The molecule has 0 heterocycles. The van der Waals surface area contributed by atoms with Crippen LogP contribution in [0.2, 0.25) is 0 Å². The minimum Gasteiger partial charge on any atom is -0.497 e. The van der Waals surface area contributed by atoms with Gasteiger partial charge in [-0.1, -0.05) is 0 Å². The number of aliphatic hydroxyl groups is 1. The van der Waals surface area contributed by atoms with Gasteiger partial charge in [-0.3, -0.25) is 0 Å². The Morgan fingerprint density at radius 3 is 2.40 bits per heavy atom. The molecule has 0 saturated heterocycles. The molecule has 1 rings (SSSR count). The molecule has 0 aromatic heterocycles. The van der Waals surface area contributed by atoms with Crippen molar-refractivity contribution in [3.8, 4) is 11.5 Å². The van der Waals surface area contributed by atoms with Crippen molar-refractivity contribution in [1.29, 1.82) is 0 Å². The van der Waals surface area contributed by atoms with Crippen LogP contribution < -0.4 is 9.47 Å². The topological polar surface area (TPSA) is 38.7 Å². The van der Waals surface area contributed by atoms with Crippen LogP contribution in [0.3, 0.4) is 0 Å². The third kappa shape index (κ3) is 4.04. The van der Waals surface area contributed by atoms with Crippen LogP contribution in [0.15, 0.2) is 35.9 Å². The molecular formula is C12H16O3. The van der Waals surface area contributed by atoms with Gasteiger partial charge in [0.2, 0.25) is 0 Å². The highest BCUT2D eigenvalue weighted by Crippen LogP contribution is 2.16. The molecule has 0 amide bonds. The molecule has 3 nitrogen and oxygen atoms in total. The molecule has 0 bridgehead atoms. The monoisotopic (exact) mass is 208 g/mol. The van der Waals surface area contributed by atoms with Crippen LogP contribution in [0.25, 0.3) is 0 Å². The molecule has 0 aliphatic rings. The van der Waals surface area contributed by atoms with Crippen LogP contribution >= 0.6 is 0 Å². The van der Waals surface area contributed by atoms with Gasteiger partial charge in [0, 0.05) is 0 Å². The summed E-state index contributed by atoms with van der Waals surface area (Å²) in [5.74, 6) is 1.60. The van der Waals surface area contributed by atoms with Crippen LogP contribution in [0.5, 0.6) is 11.5 Å². The molecule has 0 fully saturated rings. The van der Waals surface area contributed by atoms with Crippen LogP contribution in [0.4, 0.5) is 0 Å². The Bertz CT molecular complexity index is 314. The van der Waals surface area contributed by atoms with Crippen molar-refractivity contribution in [1.82, 2.24) is 0 Å². The first kappa shape index (κ1) is 11.6. The number of hydrogen-bond donors (Lipinski definition) is 1. The number of rotatable bonds is 5. The van der Waals surface area contributed by atoms with E-state index < -0.39 is 0 Å². The van der Waals surface area contributed by atoms with Gasteiger partial charge in [0.1, 0.15) is 18.1 Å². The quantitative estimate of drug-likeness (QED) is 0.752. The highest BCUT2D eigenvalue weighted by molar-refractivity contribution is 5.31. The van der Waals surface area contributed by atoms with Gasteiger partial charge >= 0.3 is 0 Å². The van der Waals surface area contributed by atoms with E-state index in [9.17, 15) is 0 Å².